The number of nitrogens with one attached hydrogen (secondary N) is 1. The molecule has 4 rings (SSSR count). The number of carbonyl (C=O) groups excluding carboxylic acids is 2. The van der Waals surface area contributed by atoms with Crippen LogP contribution in [0.25, 0.3) is 0 Å². The van der Waals surface area contributed by atoms with Gasteiger partial charge in [0.05, 0.1) is 0 Å². The first-order valence-electron chi connectivity index (χ1n) is 11.9. The summed E-state index contributed by atoms with van der Waals surface area (Å²) in [7, 11) is 0. The number of fused-ring (bicyclic) bond motifs is 1. The molecule has 0 aromatic heterocycles. The van der Waals surface area contributed by atoms with Crippen LogP contribution in [0, 0.1) is 11.8 Å². The molecule has 1 fully saturated rings. The molecule has 2 unspecified atom stereocenters. The van der Waals surface area contributed by atoms with Crippen LogP contribution in [0.5, 0.6) is 0 Å². The molecule has 170 valence electrons. The number of nitrogens with zero attached hydrogens (tertiary/aromatic N) is 2. The Morgan fingerprint density at radius 3 is 2.47 bits per heavy atom. The van der Waals surface area contributed by atoms with Crippen molar-refractivity contribution in [2.45, 2.75) is 53.1 Å². The van der Waals surface area contributed by atoms with Gasteiger partial charge in [0.2, 0.25) is 5.91 Å². The lowest BCUT2D eigenvalue weighted by molar-refractivity contribution is -0.118. The molecule has 5 nitrogen and oxygen atoms in total. The Bertz CT molecular complexity index is 977. The molecule has 2 aliphatic rings. The van der Waals surface area contributed by atoms with Crippen molar-refractivity contribution in [1.82, 2.24) is 10.2 Å². The lowest BCUT2D eigenvalue weighted by Gasteiger charge is -2.35. The molecule has 32 heavy (non-hydrogen) atoms. The second-order valence-corrected chi connectivity index (χ2v) is 9.58. The van der Waals surface area contributed by atoms with Crippen LogP contribution in [0.4, 0.5) is 5.69 Å². The van der Waals surface area contributed by atoms with E-state index in [2.05, 4.69) is 42.3 Å². The maximum Gasteiger partial charge on any atom is 0.251 e. The summed E-state index contributed by atoms with van der Waals surface area (Å²) in [5.41, 5.74) is 5.15. The van der Waals surface area contributed by atoms with E-state index in [0.717, 1.165) is 49.1 Å². The highest BCUT2D eigenvalue weighted by Gasteiger charge is 2.25. The third-order valence-electron chi connectivity index (χ3n) is 6.74. The third-order valence-corrected chi connectivity index (χ3v) is 6.74. The number of hydrogen-bond donors (Lipinski definition) is 1. The Hall–Kier alpha value is -2.66. The highest BCUT2D eigenvalue weighted by Crippen LogP contribution is 2.29. The summed E-state index contributed by atoms with van der Waals surface area (Å²) in [6, 6.07) is 14.1. The minimum atomic E-state index is -0.0666. The average Bonchev–Trinajstić information content (AvgIpc) is 3.20. The predicted molar refractivity (Wildman–Crippen MR) is 129 cm³/mol. The van der Waals surface area contributed by atoms with Crippen molar-refractivity contribution >= 4 is 17.5 Å². The first-order valence-corrected chi connectivity index (χ1v) is 11.9. The van der Waals surface area contributed by atoms with Gasteiger partial charge >= 0.3 is 0 Å². The van der Waals surface area contributed by atoms with Gasteiger partial charge in [0.25, 0.3) is 5.91 Å². The van der Waals surface area contributed by atoms with E-state index >= 15 is 0 Å². The Balaban J connectivity index is 1.40. The van der Waals surface area contributed by atoms with Crippen LogP contribution < -0.4 is 10.2 Å². The van der Waals surface area contributed by atoms with Gasteiger partial charge in [0.1, 0.15) is 0 Å². The van der Waals surface area contributed by atoms with Crippen LogP contribution in [-0.4, -0.2) is 36.3 Å². The van der Waals surface area contributed by atoms with E-state index in [1.54, 1.807) is 0 Å². The third kappa shape index (κ3) is 5.04. The quantitative estimate of drug-likeness (QED) is 0.735. The van der Waals surface area contributed by atoms with E-state index in [9.17, 15) is 9.59 Å². The maximum atomic E-state index is 12.9. The number of benzene rings is 2. The van der Waals surface area contributed by atoms with Crippen molar-refractivity contribution in [3.63, 3.8) is 0 Å². The van der Waals surface area contributed by atoms with Crippen LogP contribution in [0.3, 0.4) is 0 Å². The molecule has 0 saturated carbocycles. The molecule has 2 aliphatic heterocycles. The largest absolute Gasteiger partial charge is 0.348 e. The minimum absolute atomic E-state index is 0.0666. The number of carbonyl (C=O) groups is 2. The number of piperidine rings is 1. The lowest BCUT2D eigenvalue weighted by atomic mass is 9.91. The fraction of sp³-hybridized carbons (Fsp3) is 0.481. The van der Waals surface area contributed by atoms with E-state index in [4.69, 9.17) is 0 Å². The molecule has 0 spiro atoms. The van der Waals surface area contributed by atoms with Gasteiger partial charge in [0, 0.05) is 50.4 Å². The Kier molecular flexibility index (Phi) is 6.95. The highest BCUT2D eigenvalue weighted by molar-refractivity contribution is 5.98. The van der Waals surface area contributed by atoms with Gasteiger partial charge in [-0.3, -0.25) is 14.5 Å². The molecule has 2 aromatic carbocycles. The second kappa shape index (κ2) is 9.86. The van der Waals surface area contributed by atoms with Crippen molar-refractivity contribution in [2.24, 2.45) is 11.8 Å². The van der Waals surface area contributed by atoms with Crippen LogP contribution in [0.1, 0.15) is 60.7 Å². The summed E-state index contributed by atoms with van der Waals surface area (Å²) >= 11 is 0. The number of likely N-dealkylation sites (tertiary alicyclic amines) is 1. The average molecular weight is 434 g/mol. The van der Waals surface area contributed by atoms with E-state index in [1.165, 1.54) is 17.5 Å². The molecule has 1 N–H and O–H groups in total. The first-order chi connectivity index (χ1) is 15.4. The fourth-order valence-electron chi connectivity index (χ4n) is 5.32. The molecule has 2 aromatic rings. The Labute approximate surface area is 191 Å². The first kappa shape index (κ1) is 22.5. The predicted octanol–water partition coefficient (Wildman–Crippen LogP) is 4.39. The van der Waals surface area contributed by atoms with Gasteiger partial charge in [-0.1, -0.05) is 45.0 Å². The van der Waals surface area contributed by atoms with Gasteiger partial charge in [-0.2, -0.15) is 0 Å². The topological polar surface area (TPSA) is 52.7 Å². The van der Waals surface area contributed by atoms with Crippen molar-refractivity contribution in [3.8, 4) is 0 Å². The summed E-state index contributed by atoms with van der Waals surface area (Å²) in [6.07, 6.45) is 2.60. The zero-order valence-electron chi connectivity index (χ0n) is 19.6. The SMILES string of the molecule is CCC(=O)N1CCc2cc(C(=O)NCc3ccccc3CN3CC(C)CC(C)C3)ccc21. The standard InChI is InChI=1S/C27H35N3O2/c1-4-26(31)30-12-11-21-14-22(9-10-25(21)30)27(32)28-15-23-7-5-6-8-24(23)18-29-16-19(2)13-20(3)17-29/h5-10,14,19-20H,4,11-13,15-18H2,1-3H3,(H,28,32). The van der Waals surface area contributed by atoms with Crippen molar-refractivity contribution in [2.75, 3.05) is 24.5 Å². The molecule has 2 amide bonds. The zero-order valence-corrected chi connectivity index (χ0v) is 19.6. The summed E-state index contributed by atoms with van der Waals surface area (Å²) in [5, 5.41) is 3.11. The molecule has 5 heteroatoms. The number of rotatable bonds is 6. The molecule has 1 saturated heterocycles. The summed E-state index contributed by atoms with van der Waals surface area (Å²) in [5.74, 6) is 1.53. The van der Waals surface area contributed by atoms with Gasteiger partial charge < -0.3 is 10.2 Å². The second-order valence-electron chi connectivity index (χ2n) is 9.58. The highest BCUT2D eigenvalue weighted by atomic mass is 16.2. The van der Waals surface area contributed by atoms with Crippen molar-refractivity contribution < 1.29 is 9.59 Å². The number of hydrogen-bond acceptors (Lipinski definition) is 3. The van der Waals surface area contributed by atoms with Crippen molar-refractivity contribution in [3.05, 3.63) is 64.7 Å². The smallest absolute Gasteiger partial charge is 0.251 e. The minimum Gasteiger partial charge on any atom is -0.348 e. The van der Waals surface area contributed by atoms with E-state index in [0.29, 0.717) is 25.1 Å². The zero-order chi connectivity index (χ0) is 22.7. The van der Waals surface area contributed by atoms with Crippen LogP contribution in [-0.2, 0) is 24.3 Å². The monoisotopic (exact) mass is 433 g/mol. The van der Waals surface area contributed by atoms with Crippen LogP contribution >= 0.6 is 0 Å². The molecule has 0 radical (unpaired) electrons. The fourth-order valence-corrected chi connectivity index (χ4v) is 5.32. The van der Waals surface area contributed by atoms with E-state index in [-0.39, 0.29) is 11.8 Å². The number of amides is 2. The van der Waals surface area contributed by atoms with E-state index < -0.39 is 0 Å². The Morgan fingerprint density at radius 2 is 1.75 bits per heavy atom. The summed E-state index contributed by atoms with van der Waals surface area (Å²) in [4.78, 5) is 29.4. The van der Waals surface area contributed by atoms with Crippen LogP contribution in [0.15, 0.2) is 42.5 Å². The Morgan fingerprint density at radius 1 is 1.03 bits per heavy atom. The molecule has 0 aliphatic carbocycles. The maximum absolute atomic E-state index is 12.9. The van der Waals surface area contributed by atoms with Gasteiger partial charge in [-0.15, -0.1) is 0 Å². The summed E-state index contributed by atoms with van der Waals surface area (Å²) in [6.45, 7) is 11.0. The lowest BCUT2D eigenvalue weighted by Crippen LogP contribution is -2.38. The molecule has 0 bridgehead atoms. The van der Waals surface area contributed by atoms with Gasteiger partial charge in [0.15, 0.2) is 0 Å². The van der Waals surface area contributed by atoms with Crippen molar-refractivity contribution in [1.29, 1.82) is 0 Å². The molecule has 2 atom stereocenters. The molecular weight excluding hydrogens is 398 g/mol. The molecule has 2 heterocycles. The normalized spacial score (nSPS) is 20.8. The van der Waals surface area contributed by atoms with Gasteiger partial charge in [-0.05, 0) is 59.6 Å². The molecular formula is C27H35N3O2. The van der Waals surface area contributed by atoms with E-state index in [1.807, 2.05) is 36.1 Å². The van der Waals surface area contributed by atoms with Crippen LogP contribution in [0.2, 0.25) is 0 Å². The summed E-state index contributed by atoms with van der Waals surface area (Å²) < 4.78 is 0. The number of anilines is 1. The van der Waals surface area contributed by atoms with Gasteiger partial charge in [-0.25, -0.2) is 0 Å².